The molecule has 14 heavy (non-hydrogen) atoms. The Hall–Kier alpha value is -0.340. The maximum absolute atomic E-state index is 9.43. The highest BCUT2D eigenvalue weighted by Gasteiger charge is 2.44. The van der Waals surface area contributed by atoms with Crippen molar-refractivity contribution in [3.05, 3.63) is 34.3 Å². The first-order valence-corrected chi connectivity index (χ1v) is 5.86. The van der Waals surface area contributed by atoms with Gasteiger partial charge in [0.25, 0.3) is 0 Å². The van der Waals surface area contributed by atoms with Gasteiger partial charge in [-0.2, -0.15) is 0 Å². The van der Waals surface area contributed by atoms with Gasteiger partial charge >= 0.3 is 0 Å². The van der Waals surface area contributed by atoms with Crippen molar-refractivity contribution in [2.45, 2.75) is 37.7 Å². The van der Waals surface area contributed by atoms with Crippen LogP contribution in [0.25, 0.3) is 0 Å². The van der Waals surface area contributed by atoms with E-state index >= 15 is 0 Å². The summed E-state index contributed by atoms with van der Waals surface area (Å²) in [6.45, 7) is 1.87. The Balaban J connectivity index is 2.18. The summed E-state index contributed by atoms with van der Waals surface area (Å²) in [5.74, 6) is 0. The molecule has 0 aliphatic heterocycles. The molecule has 76 valence electrons. The zero-order chi connectivity index (χ0) is 10.2. The minimum absolute atomic E-state index is 0.193. The lowest BCUT2D eigenvalue weighted by molar-refractivity contribution is 0.170. The molecule has 0 saturated heterocycles. The second-order valence-electron chi connectivity index (χ2n) is 4.34. The van der Waals surface area contributed by atoms with Gasteiger partial charge in [-0.25, -0.2) is 0 Å². The highest BCUT2D eigenvalue weighted by molar-refractivity contribution is 9.10. The number of aliphatic hydroxyl groups excluding tert-OH is 1. The van der Waals surface area contributed by atoms with Crippen LogP contribution in [0.4, 0.5) is 0 Å². The molecule has 1 atom stereocenters. The summed E-state index contributed by atoms with van der Waals surface area (Å²) in [5.41, 5.74) is 1.66. The molecule has 1 aromatic carbocycles. The third kappa shape index (κ3) is 2.01. The average Bonchev–Trinajstić information content (AvgIpc) is 2.85. The highest BCUT2D eigenvalue weighted by Crippen LogP contribution is 2.51. The minimum Gasteiger partial charge on any atom is -0.393 e. The SMILES string of the molecule is C[C@@H](O)CC1(c2ccc(Br)cc2)CC1. The Kier molecular flexibility index (Phi) is 2.67. The van der Waals surface area contributed by atoms with Crippen LogP contribution in [0.5, 0.6) is 0 Å². The van der Waals surface area contributed by atoms with Crippen LogP contribution >= 0.6 is 15.9 Å². The second kappa shape index (κ2) is 3.67. The van der Waals surface area contributed by atoms with Gasteiger partial charge in [0.1, 0.15) is 0 Å². The second-order valence-corrected chi connectivity index (χ2v) is 5.26. The van der Waals surface area contributed by atoms with Crippen molar-refractivity contribution in [1.29, 1.82) is 0 Å². The van der Waals surface area contributed by atoms with Crippen LogP contribution in [0.2, 0.25) is 0 Å². The predicted molar refractivity (Wildman–Crippen MR) is 61.4 cm³/mol. The van der Waals surface area contributed by atoms with E-state index in [4.69, 9.17) is 0 Å². The summed E-state index contributed by atoms with van der Waals surface area (Å²) < 4.78 is 1.12. The van der Waals surface area contributed by atoms with Gasteiger partial charge in [-0.05, 0) is 49.3 Å². The predicted octanol–water partition coefficient (Wildman–Crippen LogP) is 3.25. The smallest absolute Gasteiger partial charge is 0.0520 e. The number of rotatable bonds is 3. The molecule has 1 aliphatic carbocycles. The van der Waals surface area contributed by atoms with Gasteiger partial charge in [-0.15, -0.1) is 0 Å². The van der Waals surface area contributed by atoms with Crippen molar-refractivity contribution in [1.82, 2.24) is 0 Å². The number of hydrogen-bond acceptors (Lipinski definition) is 1. The summed E-state index contributed by atoms with van der Waals surface area (Å²) in [5, 5.41) is 9.43. The van der Waals surface area contributed by atoms with E-state index < -0.39 is 0 Å². The molecule has 1 saturated carbocycles. The Morgan fingerprint density at radius 3 is 2.36 bits per heavy atom. The molecule has 0 amide bonds. The number of halogens is 1. The van der Waals surface area contributed by atoms with Crippen LogP contribution in [-0.4, -0.2) is 11.2 Å². The Labute approximate surface area is 93.3 Å². The van der Waals surface area contributed by atoms with E-state index in [9.17, 15) is 5.11 Å². The quantitative estimate of drug-likeness (QED) is 0.878. The van der Waals surface area contributed by atoms with E-state index in [-0.39, 0.29) is 11.5 Å². The fraction of sp³-hybridized carbons (Fsp3) is 0.500. The minimum atomic E-state index is -0.193. The first-order valence-electron chi connectivity index (χ1n) is 5.06. The number of benzene rings is 1. The maximum atomic E-state index is 9.43. The van der Waals surface area contributed by atoms with Crippen molar-refractivity contribution in [2.24, 2.45) is 0 Å². The van der Waals surface area contributed by atoms with Crippen LogP contribution in [0.1, 0.15) is 31.7 Å². The van der Waals surface area contributed by atoms with Crippen LogP contribution < -0.4 is 0 Å². The first kappa shape index (κ1) is 10.2. The molecule has 0 radical (unpaired) electrons. The summed E-state index contributed by atoms with van der Waals surface area (Å²) in [4.78, 5) is 0. The third-order valence-electron chi connectivity index (χ3n) is 3.00. The zero-order valence-corrected chi connectivity index (χ0v) is 9.92. The van der Waals surface area contributed by atoms with E-state index in [0.29, 0.717) is 0 Å². The van der Waals surface area contributed by atoms with Crippen LogP contribution in [0.15, 0.2) is 28.7 Å². The summed E-state index contributed by atoms with van der Waals surface area (Å²) in [6, 6.07) is 8.49. The molecule has 1 N–H and O–H groups in total. The molecular formula is C12H15BrO. The van der Waals surface area contributed by atoms with E-state index in [1.54, 1.807) is 0 Å². The van der Waals surface area contributed by atoms with Crippen molar-refractivity contribution < 1.29 is 5.11 Å². The molecule has 1 aromatic rings. The average molecular weight is 255 g/mol. The molecule has 0 aromatic heterocycles. The topological polar surface area (TPSA) is 20.2 Å². The molecule has 0 unspecified atom stereocenters. The van der Waals surface area contributed by atoms with Gasteiger partial charge < -0.3 is 5.11 Å². The monoisotopic (exact) mass is 254 g/mol. The molecule has 0 heterocycles. The summed E-state index contributed by atoms with van der Waals surface area (Å²) in [6.07, 6.45) is 3.15. The largest absolute Gasteiger partial charge is 0.393 e. The van der Waals surface area contributed by atoms with Crippen LogP contribution in [0.3, 0.4) is 0 Å². The lowest BCUT2D eigenvalue weighted by Crippen LogP contribution is -2.14. The van der Waals surface area contributed by atoms with Crippen LogP contribution in [0, 0.1) is 0 Å². The Morgan fingerprint density at radius 1 is 1.36 bits per heavy atom. The van der Waals surface area contributed by atoms with Gasteiger partial charge in [0.05, 0.1) is 6.10 Å². The molecule has 0 spiro atoms. The van der Waals surface area contributed by atoms with Crippen molar-refractivity contribution in [3.63, 3.8) is 0 Å². The molecule has 1 aliphatic rings. The van der Waals surface area contributed by atoms with Gasteiger partial charge in [-0.3, -0.25) is 0 Å². The molecule has 2 rings (SSSR count). The fourth-order valence-electron chi connectivity index (χ4n) is 2.13. The van der Waals surface area contributed by atoms with Crippen molar-refractivity contribution in [2.75, 3.05) is 0 Å². The highest BCUT2D eigenvalue weighted by atomic mass is 79.9. The Bertz CT molecular complexity index is 312. The number of aliphatic hydroxyl groups is 1. The van der Waals surface area contributed by atoms with Crippen molar-refractivity contribution in [3.8, 4) is 0 Å². The normalized spacial score (nSPS) is 20.5. The molecular weight excluding hydrogens is 240 g/mol. The Morgan fingerprint density at radius 2 is 1.93 bits per heavy atom. The van der Waals surface area contributed by atoms with Gasteiger partial charge in [-0.1, -0.05) is 28.1 Å². The number of hydrogen-bond donors (Lipinski definition) is 1. The standard InChI is InChI=1S/C12H15BrO/c1-9(14)8-12(6-7-12)10-2-4-11(13)5-3-10/h2-5,9,14H,6-8H2,1H3/t9-/m1/s1. The van der Waals surface area contributed by atoms with E-state index in [1.807, 2.05) is 6.92 Å². The zero-order valence-electron chi connectivity index (χ0n) is 8.33. The third-order valence-corrected chi connectivity index (χ3v) is 3.52. The van der Waals surface area contributed by atoms with Gasteiger partial charge in [0.2, 0.25) is 0 Å². The van der Waals surface area contributed by atoms with Crippen molar-refractivity contribution >= 4 is 15.9 Å². The van der Waals surface area contributed by atoms with E-state index in [2.05, 4.69) is 40.2 Å². The summed E-state index contributed by atoms with van der Waals surface area (Å²) in [7, 11) is 0. The first-order chi connectivity index (χ1) is 6.62. The van der Waals surface area contributed by atoms with E-state index in [1.165, 1.54) is 18.4 Å². The molecule has 2 heteroatoms. The molecule has 1 fully saturated rings. The van der Waals surface area contributed by atoms with Gasteiger partial charge in [0, 0.05) is 4.47 Å². The lowest BCUT2D eigenvalue weighted by Gasteiger charge is -2.17. The maximum Gasteiger partial charge on any atom is 0.0520 e. The molecule has 1 nitrogen and oxygen atoms in total. The lowest BCUT2D eigenvalue weighted by atomic mass is 9.90. The van der Waals surface area contributed by atoms with E-state index in [0.717, 1.165) is 10.9 Å². The fourth-order valence-corrected chi connectivity index (χ4v) is 2.39. The van der Waals surface area contributed by atoms with Crippen LogP contribution in [-0.2, 0) is 5.41 Å². The van der Waals surface area contributed by atoms with Gasteiger partial charge in [0.15, 0.2) is 0 Å². The molecule has 0 bridgehead atoms. The summed E-state index contributed by atoms with van der Waals surface area (Å²) >= 11 is 3.43.